The average Bonchev–Trinajstić information content (AvgIpc) is 3.52. The fourth-order valence-corrected chi connectivity index (χ4v) is 5.38. The van der Waals surface area contributed by atoms with Crippen LogP contribution < -0.4 is 10.5 Å². The van der Waals surface area contributed by atoms with Crippen molar-refractivity contribution in [2.45, 2.75) is 31.8 Å². The van der Waals surface area contributed by atoms with E-state index in [4.69, 9.17) is 24.8 Å². The first-order chi connectivity index (χ1) is 18.4. The molecule has 206 valence electrons. The highest BCUT2D eigenvalue weighted by atomic mass is 32.2. The number of carbonyl (C=O) groups excluding carboxylic acids is 2. The summed E-state index contributed by atoms with van der Waals surface area (Å²) in [6.07, 6.45) is 0.592. The van der Waals surface area contributed by atoms with Crippen LogP contribution in [0.15, 0.2) is 52.9 Å². The van der Waals surface area contributed by atoms with Crippen molar-refractivity contribution >= 4 is 44.4 Å². The second kappa shape index (κ2) is 11.4. The van der Waals surface area contributed by atoms with Crippen LogP contribution in [0.25, 0.3) is 10.8 Å². The molecular weight excluding hydrogens is 530 g/mol. The third-order valence-electron chi connectivity index (χ3n) is 6.50. The number of carboxylic acids is 1. The molecule has 0 spiro atoms. The zero-order chi connectivity index (χ0) is 28.3. The number of carboxylic acid groups (broad SMARTS) is 1. The Kier molecular flexibility index (Phi) is 8.14. The van der Waals surface area contributed by atoms with E-state index in [1.807, 2.05) is 0 Å². The van der Waals surface area contributed by atoms with E-state index in [1.165, 1.54) is 6.07 Å². The van der Waals surface area contributed by atoms with Crippen LogP contribution >= 0.6 is 0 Å². The lowest BCUT2D eigenvalue weighted by Gasteiger charge is -2.23. The minimum absolute atomic E-state index is 0.0433. The van der Waals surface area contributed by atoms with E-state index in [0.717, 1.165) is 10.8 Å². The number of fused-ring (bicyclic) bond motifs is 1. The Bertz CT molecular complexity index is 1550. The third-order valence-corrected chi connectivity index (χ3v) is 7.32. The Balaban J connectivity index is 1.39. The SMILES string of the molecule is N=C(N)c1ccc2cc(OC(=O)c3ccc(CN4CCC[C@@H]4C(=O)C[C@@H](CS(=O)(=O)O)C(=O)O)o3)ccc2c1. The number of aliphatic carboxylic acids is 1. The topological polar surface area (TPSA) is 201 Å². The molecule has 12 nitrogen and oxygen atoms in total. The first-order valence-corrected chi connectivity index (χ1v) is 13.6. The highest BCUT2D eigenvalue weighted by Gasteiger charge is 2.35. The van der Waals surface area contributed by atoms with Crippen molar-refractivity contribution in [3.8, 4) is 5.75 Å². The van der Waals surface area contributed by atoms with Gasteiger partial charge in [-0.1, -0.05) is 18.2 Å². The largest absolute Gasteiger partial charge is 0.481 e. The van der Waals surface area contributed by atoms with Crippen molar-refractivity contribution in [2.24, 2.45) is 11.7 Å². The summed E-state index contributed by atoms with van der Waals surface area (Å²) in [6.45, 7) is 0.698. The highest BCUT2D eigenvalue weighted by molar-refractivity contribution is 7.85. The van der Waals surface area contributed by atoms with E-state index in [-0.39, 0.29) is 18.1 Å². The number of esters is 1. The Morgan fingerprint density at radius 2 is 1.85 bits per heavy atom. The van der Waals surface area contributed by atoms with Crippen LogP contribution in [0.4, 0.5) is 0 Å². The van der Waals surface area contributed by atoms with Crippen LogP contribution in [-0.4, -0.2) is 64.9 Å². The standard InChI is InChI=1S/C26H27N3O9S/c27-24(28)17-4-3-16-11-19(6-5-15(16)10-17)38-26(33)23-8-7-20(37-23)13-29-9-1-2-21(29)22(30)12-18(25(31)32)14-39(34,35)36/h3-8,10-11,18,21H,1-2,9,12-14H2,(H3,27,28)(H,31,32)(H,34,35,36)/t18-,21+/m0/s1. The van der Waals surface area contributed by atoms with Gasteiger partial charge in [-0.25, -0.2) is 4.79 Å². The summed E-state index contributed by atoms with van der Waals surface area (Å²) < 4.78 is 42.4. The van der Waals surface area contributed by atoms with E-state index in [9.17, 15) is 27.9 Å². The summed E-state index contributed by atoms with van der Waals surface area (Å²) in [4.78, 5) is 38.6. The first kappa shape index (κ1) is 28.0. The lowest BCUT2D eigenvalue weighted by molar-refractivity contribution is -0.143. The van der Waals surface area contributed by atoms with E-state index < -0.39 is 52.0 Å². The summed E-state index contributed by atoms with van der Waals surface area (Å²) in [5.74, 6) is -4.63. The van der Waals surface area contributed by atoms with Crippen LogP contribution in [0.2, 0.25) is 0 Å². The van der Waals surface area contributed by atoms with Crippen molar-refractivity contribution in [3.63, 3.8) is 0 Å². The molecule has 0 aliphatic carbocycles. The van der Waals surface area contributed by atoms with Gasteiger partial charge < -0.3 is 20.0 Å². The molecule has 1 aliphatic rings. The van der Waals surface area contributed by atoms with Crippen LogP contribution in [0.1, 0.15) is 41.1 Å². The lowest BCUT2D eigenvalue weighted by atomic mass is 9.98. The van der Waals surface area contributed by atoms with Crippen LogP contribution in [0.5, 0.6) is 5.75 Å². The van der Waals surface area contributed by atoms with E-state index in [0.29, 0.717) is 36.5 Å². The molecule has 0 unspecified atom stereocenters. The van der Waals surface area contributed by atoms with Crippen molar-refractivity contribution in [1.29, 1.82) is 5.41 Å². The second-order valence-corrected chi connectivity index (χ2v) is 10.9. The first-order valence-electron chi connectivity index (χ1n) is 12.0. The number of carbonyl (C=O) groups is 3. The van der Waals surface area contributed by atoms with Gasteiger partial charge >= 0.3 is 11.9 Å². The maximum absolute atomic E-state index is 12.8. The van der Waals surface area contributed by atoms with Crippen LogP contribution in [0, 0.1) is 11.3 Å². The Morgan fingerprint density at radius 3 is 2.54 bits per heavy atom. The minimum Gasteiger partial charge on any atom is -0.481 e. The fraction of sp³-hybridized carbons (Fsp3) is 0.308. The number of ether oxygens (including phenoxy) is 1. The molecule has 3 aromatic rings. The zero-order valence-corrected chi connectivity index (χ0v) is 21.5. The van der Waals surface area contributed by atoms with Gasteiger partial charge in [0, 0.05) is 12.0 Å². The number of likely N-dealkylation sites (tertiary alicyclic amines) is 1. The van der Waals surface area contributed by atoms with Crippen molar-refractivity contribution in [2.75, 3.05) is 12.3 Å². The molecule has 0 amide bonds. The summed E-state index contributed by atoms with van der Waals surface area (Å²) in [5, 5.41) is 18.4. The summed E-state index contributed by atoms with van der Waals surface area (Å²) in [7, 11) is -4.56. The number of hydrogen-bond donors (Lipinski definition) is 4. The molecule has 13 heteroatoms. The van der Waals surface area contributed by atoms with Gasteiger partial charge in [0.25, 0.3) is 10.1 Å². The van der Waals surface area contributed by atoms with Crippen LogP contribution in [-0.2, 0) is 26.3 Å². The molecule has 0 saturated carbocycles. The number of ketones is 1. The van der Waals surface area contributed by atoms with E-state index >= 15 is 0 Å². The third kappa shape index (κ3) is 7.07. The van der Waals surface area contributed by atoms with Gasteiger partial charge in [-0.2, -0.15) is 8.42 Å². The zero-order valence-electron chi connectivity index (χ0n) is 20.7. The Morgan fingerprint density at radius 1 is 1.13 bits per heavy atom. The van der Waals surface area contributed by atoms with Gasteiger partial charge in [0.15, 0.2) is 5.78 Å². The number of benzene rings is 2. The normalized spacial score (nSPS) is 16.7. The average molecular weight is 558 g/mol. The number of hydrogen-bond acceptors (Lipinski definition) is 9. The number of nitrogens with two attached hydrogens (primary N) is 1. The van der Waals surface area contributed by atoms with Gasteiger partial charge in [0.05, 0.1) is 24.3 Å². The quantitative estimate of drug-likeness (QED) is 0.0886. The maximum atomic E-state index is 12.8. The van der Waals surface area contributed by atoms with Crippen LogP contribution in [0.3, 0.4) is 0 Å². The molecule has 2 heterocycles. The number of amidine groups is 1. The predicted octanol–water partition coefficient (Wildman–Crippen LogP) is 2.45. The monoisotopic (exact) mass is 557 g/mol. The second-order valence-electron chi connectivity index (χ2n) is 9.38. The molecular formula is C26H27N3O9S. The minimum atomic E-state index is -4.56. The molecule has 5 N–H and O–H groups in total. The van der Waals surface area contributed by atoms with Gasteiger partial charge in [-0.05, 0) is 60.5 Å². The molecule has 1 aromatic heterocycles. The summed E-state index contributed by atoms with van der Waals surface area (Å²) >= 11 is 0. The molecule has 2 atom stereocenters. The Hall–Kier alpha value is -4.07. The summed E-state index contributed by atoms with van der Waals surface area (Å²) in [5.41, 5.74) is 6.11. The van der Waals surface area contributed by atoms with Gasteiger partial charge in [0.2, 0.25) is 5.76 Å². The Labute approximate surface area is 223 Å². The predicted molar refractivity (Wildman–Crippen MR) is 139 cm³/mol. The highest BCUT2D eigenvalue weighted by Crippen LogP contribution is 2.26. The maximum Gasteiger partial charge on any atom is 0.379 e. The molecule has 0 bridgehead atoms. The number of furan rings is 1. The number of rotatable bonds is 11. The van der Waals surface area contributed by atoms with Gasteiger partial charge in [-0.15, -0.1) is 0 Å². The molecule has 4 rings (SSSR count). The van der Waals surface area contributed by atoms with Gasteiger partial charge in [0.1, 0.15) is 17.3 Å². The van der Waals surface area contributed by atoms with Gasteiger partial charge in [-0.3, -0.25) is 24.5 Å². The van der Waals surface area contributed by atoms with Crippen molar-refractivity contribution < 1.29 is 41.6 Å². The lowest BCUT2D eigenvalue weighted by Crippen LogP contribution is -2.38. The molecule has 1 fully saturated rings. The van der Waals surface area contributed by atoms with E-state index in [1.54, 1.807) is 47.4 Å². The number of nitrogens with one attached hydrogen (secondary N) is 1. The fourth-order valence-electron chi connectivity index (χ4n) is 4.62. The van der Waals surface area contributed by atoms with E-state index in [2.05, 4.69) is 0 Å². The molecule has 1 aliphatic heterocycles. The molecule has 1 saturated heterocycles. The molecule has 39 heavy (non-hydrogen) atoms. The number of nitrogen functional groups attached to an aromatic ring is 1. The summed E-state index contributed by atoms with van der Waals surface area (Å²) in [6, 6.07) is 12.6. The number of nitrogens with zero attached hydrogens (tertiary/aromatic N) is 1. The smallest absolute Gasteiger partial charge is 0.379 e. The number of Topliss-reactive ketones (excluding diaryl/α,β-unsaturated/α-hetero) is 1. The molecule has 0 radical (unpaired) electrons. The van der Waals surface area contributed by atoms with Crippen molar-refractivity contribution in [1.82, 2.24) is 4.90 Å². The molecule has 2 aromatic carbocycles. The van der Waals surface area contributed by atoms with Crippen molar-refractivity contribution in [3.05, 3.63) is 65.6 Å².